The minimum atomic E-state index is -0.707. The van der Waals surface area contributed by atoms with Crippen LogP contribution in [0.1, 0.15) is 24.0 Å². The van der Waals surface area contributed by atoms with E-state index in [1.54, 1.807) is 12.1 Å². The van der Waals surface area contributed by atoms with Crippen molar-refractivity contribution in [2.75, 3.05) is 13.3 Å². The third-order valence-corrected chi connectivity index (χ3v) is 6.26. The van der Waals surface area contributed by atoms with E-state index >= 15 is 0 Å². The molecule has 1 saturated heterocycles. The van der Waals surface area contributed by atoms with E-state index in [4.69, 9.17) is 21.1 Å². The topological polar surface area (TPSA) is 113 Å². The number of amides is 4. The van der Waals surface area contributed by atoms with Gasteiger partial charge in [-0.25, -0.2) is 4.79 Å². The van der Waals surface area contributed by atoms with Crippen LogP contribution in [0.2, 0.25) is 5.02 Å². The molecule has 4 amide bonds. The second kappa shape index (κ2) is 9.26. The van der Waals surface area contributed by atoms with E-state index in [-0.39, 0.29) is 38.0 Å². The Bertz CT molecular complexity index is 1270. The molecular weight excluding hydrogens is 460 g/mol. The number of halogens is 1. The van der Waals surface area contributed by atoms with E-state index in [2.05, 4.69) is 15.6 Å². The fourth-order valence-electron chi connectivity index (χ4n) is 4.19. The van der Waals surface area contributed by atoms with Crippen molar-refractivity contribution in [2.24, 2.45) is 0 Å². The molecule has 3 N–H and O–H groups in total. The Hall–Kier alpha value is -3.72. The van der Waals surface area contributed by atoms with Gasteiger partial charge in [0.15, 0.2) is 11.5 Å². The zero-order valence-electron chi connectivity index (χ0n) is 18.2. The molecule has 0 bridgehead atoms. The number of H-pyrrole nitrogens is 1. The van der Waals surface area contributed by atoms with Crippen LogP contribution in [0.3, 0.4) is 0 Å². The first-order chi connectivity index (χ1) is 16.5. The largest absolute Gasteiger partial charge is 0.454 e. The number of aromatic nitrogens is 1. The number of benzene rings is 2. The smallest absolute Gasteiger partial charge is 0.324 e. The van der Waals surface area contributed by atoms with Crippen molar-refractivity contribution in [2.45, 2.75) is 31.8 Å². The predicted molar refractivity (Wildman–Crippen MR) is 125 cm³/mol. The minimum absolute atomic E-state index is 0.121. The van der Waals surface area contributed by atoms with Crippen molar-refractivity contribution in [1.82, 2.24) is 20.5 Å². The SMILES string of the molecule is O=C(CC[C@@H]1NC(=O)N(CCc2c[nH]c3ccc(Cl)cc23)C1=O)NCc1ccc2c(c1)OCO2. The van der Waals surface area contributed by atoms with Gasteiger partial charge < -0.3 is 25.1 Å². The molecule has 1 atom stereocenters. The molecule has 3 aromatic rings. The molecule has 5 rings (SSSR count). The summed E-state index contributed by atoms with van der Waals surface area (Å²) in [4.78, 5) is 41.8. The molecule has 0 aliphatic carbocycles. The number of ether oxygens (including phenoxy) is 2. The van der Waals surface area contributed by atoms with Gasteiger partial charge in [-0.1, -0.05) is 17.7 Å². The van der Waals surface area contributed by atoms with Crippen molar-refractivity contribution in [1.29, 1.82) is 0 Å². The van der Waals surface area contributed by atoms with E-state index in [1.807, 2.05) is 30.5 Å². The monoisotopic (exact) mass is 482 g/mol. The molecule has 9 nitrogen and oxygen atoms in total. The molecule has 0 spiro atoms. The number of imide groups is 1. The Morgan fingerprint density at radius 3 is 2.88 bits per heavy atom. The van der Waals surface area contributed by atoms with Gasteiger partial charge in [-0.05, 0) is 54.3 Å². The summed E-state index contributed by atoms with van der Waals surface area (Å²) in [6, 6.07) is 9.89. The Kier molecular flexibility index (Phi) is 6.02. The summed E-state index contributed by atoms with van der Waals surface area (Å²) < 4.78 is 10.6. The Balaban J connectivity index is 1.10. The summed E-state index contributed by atoms with van der Waals surface area (Å²) in [5.74, 6) is 0.825. The van der Waals surface area contributed by atoms with Crippen LogP contribution in [0.25, 0.3) is 10.9 Å². The number of urea groups is 1. The molecule has 34 heavy (non-hydrogen) atoms. The summed E-state index contributed by atoms with van der Waals surface area (Å²) >= 11 is 6.09. The van der Waals surface area contributed by atoms with Crippen molar-refractivity contribution in [3.8, 4) is 11.5 Å². The highest BCUT2D eigenvalue weighted by Gasteiger charge is 2.37. The molecule has 2 aliphatic rings. The van der Waals surface area contributed by atoms with Crippen LogP contribution < -0.4 is 20.1 Å². The molecule has 3 heterocycles. The molecule has 2 aliphatic heterocycles. The first kappa shape index (κ1) is 22.1. The second-order valence-electron chi connectivity index (χ2n) is 8.25. The first-order valence-corrected chi connectivity index (χ1v) is 11.4. The fraction of sp³-hybridized carbons (Fsp3) is 0.292. The van der Waals surface area contributed by atoms with E-state index in [9.17, 15) is 14.4 Å². The van der Waals surface area contributed by atoms with Crippen LogP contribution in [-0.4, -0.2) is 47.1 Å². The van der Waals surface area contributed by atoms with Crippen LogP contribution >= 0.6 is 11.6 Å². The molecule has 10 heteroatoms. The summed E-state index contributed by atoms with van der Waals surface area (Å²) in [6.45, 7) is 0.775. The van der Waals surface area contributed by atoms with Crippen molar-refractivity contribution in [3.63, 3.8) is 0 Å². The number of carbonyl (C=O) groups excluding carboxylic acids is 3. The normalized spacial score (nSPS) is 16.9. The van der Waals surface area contributed by atoms with E-state index in [0.717, 1.165) is 22.0 Å². The van der Waals surface area contributed by atoms with Gasteiger partial charge in [0.1, 0.15) is 6.04 Å². The highest BCUT2D eigenvalue weighted by atomic mass is 35.5. The molecule has 1 aromatic heterocycles. The predicted octanol–water partition coefficient (Wildman–Crippen LogP) is 3.11. The van der Waals surface area contributed by atoms with Crippen LogP contribution in [0.4, 0.5) is 4.79 Å². The molecular formula is C24H23ClN4O5. The minimum Gasteiger partial charge on any atom is -0.454 e. The first-order valence-electron chi connectivity index (χ1n) is 11.0. The molecule has 0 saturated carbocycles. The maximum Gasteiger partial charge on any atom is 0.324 e. The van der Waals surface area contributed by atoms with Gasteiger partial charge in [0, 0.05) is 41.6 Å². The average Bonchev–Trinajstić information content (AvgIpc) is 3.52. The summed E-state index contributed by atoms with van der Waals surface area (Å²) in [5.41, 5.74) is 2.80. The van der Waals surface area contributed by atoms with Crippen molar-refractivity contribution >= 4 is 40.3 Å². The van der Waals surface area contributed by atoms with Gasteiger partial charge in [-0.15, -0.1) is 0 Å². The van der Waals surface area contributed by atoms with Crippen molar-refractivity contribution in [3.05, 3.63) is 58.7 Å². The molecule has 0 radical (unpaired) electrons. The maximum atomic E-state index is 12.7. The average molecular weight is 483 g/mol. The molecule has 2 aromatic carbocycles. The lowest BCUT2D eigenvalue weighted by molar-refractivity contribution is -0.127. The third-order valence-electron chi connectivity index (χ3n) is 6.03. The number of carbonyl (C=O) groups is 3. The van der Waals surface area contributed by atoms with Crippen LogP contribution in [0.15, 0.2) is 42.6 Å². The van der Waals surface area contributed by atoms with Gasteiger partial charge in [0.05, 0.1) is 0 Å². The number of aromatic amines is 1. The number of nitrogens with zero attached hydrogens (tertiary/aromatic N) is 1. The number of hydrogen-bond acceptors (Lipinski definition) is 5. The summed E-state index contributed by atoms with van der Waals surface area (Å²) in [5, 5.41) is 7.11. The molecule has 176 valence electrons. The van der Waals surface area contributed by atoms with E-state index in [1.165, 1.54) is 4.90 Å². The zero-order chi connectivity index (χ0) is 23.7. The zero-order valence-corrected chi connectivity index (χ0v) is 19.0. The maximum absolute atomic E-state index is 12.7. The fourth-order valence-corrected chi connectivity index (χ4v) is 4.36. The Labute approximate surface area is 200 Å². The van der Waals surface area contributed by atoms with Gasteiger partial charge in [0.2, 0.25) is 12.7 Å². The number of rotatable bonds is 8. The van der Waals surface area contributed by atoms with E-state index < -0.39 is 12.1 Å². The second-order valence-corrected chi connectivity index (χ2v) is 8.69. The lowest BCUT2D eigenvalue weighted by Gasteiger charge is -2.13. The van der Waals surface area contributed by atoms with Gasteiger partial charge in [-0.2, -0.15) is 0 Å². The summed E-state index contributed by atoms with van der Waals surface area (Å²) in [6.07, 6.45) is 2.72. The van der Waals surface area contributed by atoms with Crippen molar-refractivity contribution < 1.29 is 23.9 Å². The molecule has 1 fully saturated rings. The highest BCUT2D eigenvalue weighted by Crippen LogP contribution is 2.32. The van der Waals surface area contributed by atoms with Crippen LogP contribution in [0, 0.1) is 0 Å². The lowest BCUT2D eigenvalue weighted by Crippen LogP contribution is -2.33. The van der Waals surface area contributed by atoms with Gasteiger partial charge in [0.25, 0.3) is 5.91 Å². The lowest BCUT2D eigenvalue weighted by atomic mass is 10.1. The highest BCUT2D eigenvalue weighted by molar-refractivity contribution is 6.31. The standard InChI is InChI=1S/C24H23ClN4O5/c25-16-2-3-18-17(10-16)15(12-26-18)7-8-29-23(31)19(28-24(29)32)4-6-22(30)27-11-14-1-5-20-21(9-14)34-13-33-20/h1-3,5,9-10,12,19,26H,4,6-8,11,13H2,(H,27,30)(H,28,32)/t19-/m0/s1. The summed E-state index contributed by atoms with van der Waals surface area (Å²) in [7, 11) is 0. The quantitative estimate of drug-likeness (QED) is 0.427. The van der Waals surface area contributed by atoms with Gasteiger partial charge in [-0.3, -0.25) is 14.5 Å². The molecule has 0 unspecified atom stereocenters. The third kappa shape index (κ3) is 4.51. The Morgan fingerprint density at radius 2 is 2.00 bits per heavy atom. The number of fused-ring (bicyclic) bond motifs is 2. The van der Waals surface area contributed by atoms with Gasteiger partial charge >= 0.3 is 6.03 Å². The van der Waals surface area contributed by atoms with E-state index in [0.29, 0.717) is 29.5 Å². The number of nitrogens with one attached hydrogen (secondary N) is 3. The Morgan fingerprint density at radius 1 is 1.15 bits per heavy atom. The van der Waals surface area contributed by atoms with Crippen LogP contribution in [-0.2, 0) is 22.6 Å². The number of hydrogen-bond donors (Lipinski definition) is 3. The van der Waals surface area contributed by atoms with Crippen LogP contribution in [0.5, 0.6) is 11.5 Å².